The van der Waals surface area contributed by atoms with Gasteiger partial charge in [0.25, 0.3) is 0 Å². The lowest BCUT2D eigenvalue weighted by Crippen LogP contribution is -2.52. The molecule has 6 heteroatoms. The molecule has 1 aliphatic carbocycles. The third-order valence-corrected chi connectivity index (χ3v) is 8.01. The van der Waals surface area contributed by atoms with Gasteiger partial charge in [-0.05, 0) is 34.4 Å². The van der Waals surface area contributed by atoms with Crippen LogP contribution in [0.4, 0.5) is 5.69 Å². The van der Waals surface area contributed by atoms with Crippen LogP contribution in [-0.4, -0.2) is 36.9 Å². The van der Waals surface area contributed by atoms with Crippen molar-refractivity contribution in [3.8, 4) is 11.1 Å². The zero-order valence-electron chi connectivity index (χ0n) is 17.1. The monoisotopic (exact) mass is 431 g/mol. The van der Waals surface area contributed by atoms with Crippen molar-refractivity contribution >= 4 is 29.4 Å². The first kappa shape index (κ1) is 19.7. The average Bonchev–Trinajstić information content (AvgIpc) is 3.45. The van der Waals surface area contributed by atoms with Gasteiger partial charge in [-0.2, -0.15) is 0 Å². The lowest BCUT2D eigenvalue weighted by Gasteiger charge is -2.28. The smallest absolute Gasteiger partial charge is 0.330 e. The van der Waals surface area contributed by atoms with Gasteiger partial charge in [0.2, 0.25) is 0 Å². The van der Waals surface area contributed by atoms with Gasteiger partial charge in [-0.1, -0.05) is 66.7 Å². The van der Waals surface area contributed by atoms with Crippen LogP contribution in [0.3, 0.4) is 0 Å². The van der Waals surface area contributed by atoms with Gasteiger partial charge in [0.15, 0.2) is 10.8 Å². The molecule has 1 N–H and O–H groups in total. The minimum atomic E-state index is -1.21. The number of thioether (sulfide) groups is 1. The highest BCUT2D eigenvalue weighted by Crippen LogP contribution is 2.79. The first-order chi connectivity index (χ1) is 15.1. The second kappa shape index (κ2) is 7.17. The SMILES string of the molecule is COC(=O)[C@H](Nc1ccccc1)[C@]1(C(=O)OC)SC12c1ccccc1-c1ccccc12. The molecule has 0 bridgehead atoms. The maximum absolute atomic E-state index is 13.4. The topological polar surface area (TPSA) is 64.6 Å². The van der Waals surface area contributed by atoms with E-state index in [1.807, 2.05) is 66.7 Å². The van der Waals surface area contributed by atoms with Crippen molar-refractivity contribution in [3.63, 3.8) is 0 Å². The predicted octanol–water partition coefficient (Wildman–Crippen LogP) is 4.22. The molecule has 0 amide bonds. The van der Waals surface area contributed by atoms with Crippen LogP contribution in [0.2, 0.25) is 0 Å². The minimum absolute atomic E-state index is 0.456. The van der Waals surface area contributed by atoms with Gasteiger partial charge in [-0.3, -0.25) is 4.79 Å². The van der Waals surface area contributed by atoms with E-state index >= 15 is 0 Å². The van der Waals surface area contributed by atoms with E-state index in [9.17, 15) is 9.59 Å². The number of carbonyl (C=O) groups is 2. The van der Waals surface area contributed by atoms with E-state index in [1.54, 1.807) is 0 Å². The second-order valence-electron chi connectivity index (χ2n) is 7.57. The highest BCUT2D eigenvalue weighted by Gasteiger charge is 2.82. The van der Waals surface area contributed by atoms with Gasteiger partial charge in [0.05, 0.1) is 19.0 Å². The number of rotatable bonds is 5. The average molecular weight is 432 g/mol. The number of methoxy groups -OCH3 is 2. The van der Waals surface area contributed by atoms with Crippen LogP contribution < -0.4 is 5.32 Å². The Kier molecular flexibility index (Phi) is 4.55. The number of para-hydroxylation sites is 1. The highest BCUT2D eigenvalue weighted by molar-refractivity contribution is 8.10. The Morgan fingerprint density at radius 3 is 1.90 bits per heavy atom. The normalized spacial score (nSPS) is 20.3. The van der Waals surface area contributed by atoms with E-state index in [1.165, 1.54) is 26.0 Å². The first-order valence-electron chi connectivity index (χ1n) is 9.97. The summed E-state index contributed by atoms with van der Waals surface area (Å²) in [6.45, 7) is 0. The summed E-state index contributed by atoms with van der Waals surface area (Å²) in [7, 11) is 2.70. The molecule has 3 aromatic carbocycles. The summed E-state index contributed by atoms with van der Waals surface area (Å²) in [5, 5.41) is 3.26. The fraction of sp³-hybridized carbons (Fsp3) is 0.200. The summed E-state index contributed by atoms with van der Waals surface area (Å²) in [6.07, 6.45) is 0. The number of hydrogen-bond acceptors (Lipinski definition) is 6. The van der Waals surface area contributed by atoms with Crippen molar-refractivity contribution in [1.82, 2.24) is 0 Å². The molecule has 1 heterocycles. The lowest BCUT2D eigenvalue weighted by molar-refractivity contribution is -0.150. The van der Waals surface area contributed by atoms with Gasteiger partial charge >= 0.3 is 11.9 Å². The summed E-state index contributed by atoms with van der Waals surface area (Å²) in [5.74, 6) is -0.969. The number of ether oxygens (including phenoxy) is 2. The van der Waals surface area contributed by atoms with Crippen LogP contribution in [0.1, 0.15) is 11.1 Å². The van der Waals surface area contributed by atoms with Crippen LogP contribution in [0.15, 0.2) is 78.9 Å². The van der Waals surface area contributed by atoms with E-state index in [-0.39, 0.29) is 0 Å². The Bertz CT molecular complexity index is 1130. The molecule has 3 aromatic rings. The number of nitrogens with one attached hydrogen (secondary N) is 1. The minimum Gasteiger partial charge on any atom is -0.468 e. The molecule has 0 aromatic heterocycles. The summed E-state index contributed by atoms with van der Waals surface area (Å²) < 4.78 is 8.50. The molecule has 0 radical (unpaired) electrons. The van der Waals surface area contributed by atoms with Gasteiger partial charge in [0, 0.05) is 5.69 Å². The van der Waals surface area contributed by atoms with Crippen molar-refractivity contribution in [2.45, 2.75) is 15.5 Å². The molecular formula is C25H21NO4S. The Morgan fingerprint density at radius 2 is 1.35 bits per heavy atom. The van der Waals surface area contributed by atoms with Crippen molar-refractivity contribution < 1.29 is 19.1 Å². The van der Waals surface area contributed by atoms with Crippen LogP contribution in [0, 0.1) is 0 Å². The molecule has 0 saturated carbocycles. The van der Waals surface area contributed by atoms with E-state index in [0.29, 0.717) is 0 Å². The molecule has 1 fully saturated rings. The molecule has 5 nitrogen and oxygen atoms in total. The van der Waals surface area contributed by atoms with Crippen molar-refractivity contribution in [3.05, 3.63) is 90.0 Å². The standard InChI is InChI=1S/C25H21NO4S/c1-29-22(27)21(26-16-10-4-3-5-11-16)25(23(28)30-2)24(31-25)19-14-8-6-12-17(19)18-13-7-9-15-20(18)24/h3-15,21,26H,1-2H3/t21-,25+/m0/s1. The number of carbonyl (C=O) groups excluding carboxylic acids is 2. The second-order valence-corrected chi connectivity index (χ2v) is 9.03. The van der Waals surface area contributed by atoms with E-state index in [2.05, 4.69) is 17.4 Å². The molecular weight excluding hydrogens is 410 g/mol. The molecule has 2 aliphatic rings. The number of anilines is 1. The molecule has 1 saturated heterocycles. The Balaban J connectivity index is 1.73. The molecule has 0 unspecified atom stereocenters. The van der Waals surface area contributed by atoms with Crippen molar-refractivity contribution in [2.24, 2.45) is 0 Å². The maximum atomic E-state index is 13.4. The molecule has 5 rings (SSSR count). The van der Waals surface area contributed by atoms with Crippen molar-refractivity contribution in [1.29, 1.82) is 0 Å². The molecule has 1 aliphatic heterocycles. The fourth-order valence-electron chi connectivity index (χ4n) is 4.78. The van der Waals surface area contributed by atoms with Gasteiger partial charge < -0.3 is 14.8 Å². The zero-order chi connectivity index (χ0) is 21.6. The number of fused-ring (bicyclic) bond motifs is 5. The summed E-state index contributed by atoms with van der Waals surface area (Å²) in [6, 6.07) is 24.5. The van der Waals surface area contributed by atoms with Gasteiger partial charge in [-0.15, -0.1) is 11.8 Å². The van der Waals surface area contributed by atoms with Crippen LogP contribution >= 0.6 is 11.8 Å². The fourth-order valence-corrected chi connectivity index (χ4v) is 6.65. The number of esters is 2. The third kappa shape index (κ3) is 2.58. The first-order valence-corrected chi connectivity index (χ1v) is 10.8. The highest BCUT2D eigenvalue weighted by atomic mass is 32.2. The summed E-state index contributed by atoms with van der Waals surface area (Å²) in [4.78, 5) is 26.5. The lowest BCUT2D eigenvalue weighted by atomic mass is 9.79. The van der Waals surface area contributed by atoms with Crippen molar-refractivity contribution in [2.75, 3.05) is 19.5 Å². The van der Waals surface area contributed by atoms with E-state index in [4.69, 9.17) is 9.47 Å². The Hall–Kier alpha value is -3.25. The Morgan fingerprint density at radius 1 is 0.806 bits per heavy atom. The number of benzene rings is 3. The summed E-state index contributed by atoms with van der Waals surface area (Å²) in [5.41, 5.74) is 4.88. The van der Waals surface area contributed by atoms with Gasteiger partial charge in [0.1, 0.15) is 0 Å². The molecule has 156 valence electrons. The van der Waals surface area contributed by atoms with E-state index in [0.717, 1.165) is 27.9 Å². The van der Waals surface area contributed by atoms with Crippen LogP contribution in [0.25, 0.3) is 11.1 Å². The zero-order valence-corrected chi connectivity index (χ0v) is 17.9. The largest absolute Gasteiger partial charge is 0.468 e. The number of hydrogen-bond donors (Lipinski definition) is 1. The third-order valence-electron chi connectivity index (χ3n) is 6.12. The quantitative estimate of drug-likeness (QED) is 0.482. The van der Waals surface area contributed by atoms with Gasteiger partial charge in [-0.25, -0.2) is 4.79 Å². The summed E-state index contributed by atoms with van der Waals surface area (Å²) >= 11 is 1.45. The predicted molar refractivity (Wildman–Crippen MR) is 121 cm³/mol. The maximum Gasteiger partial charge on any atom is 0.330 e. The van der Waals surface area contributed by atoms with Crippen LogP contribution in [0.5, 0.6) is 0 Å². The molecule has 1 spiro atoms. The molecule has 31 heavy (non-hydrogen) atoms. The van der Waals surface area contributed by atoms with E-state index < -0.39 is 27.5 Å². The molecule has 2 atom stereocenters. The van der Waals surface area contributed by atoms with Crippen LogP contribution in [-0.2, 0) is 23.8 Å². The Labute approximate surface area is 184 Å².